The molecule has 0 spiro atoms. The average Bonchev–Trinajstić information content (AvgIpc) is 3.50. The Kier molecular flexibility index (Phi) is 7.55. The van der Waals surface area contributed by atoms with Gasteiger partial charge in [0.2, 0.25) is 0 Å². The molecule has 1 aromatic heterocycles. The van der Waals surface area contributed by atoms with Gasteiger partial charge >= 0.3 is 0 Å². The minimum absolute atomic E-state index is 0.137. The third-order valence-electron chi connectivity index (χ3n) is 12.1. The van der Waals surface area contributed by atoms with E-state index in [0.717, 1.165) is 33.6 Å². The molecule has 0 bridgehead atoms. The standard InChI is InChI=1S/C55H38N2/c1-55(2)47-31-17-30-45(53(47)46-32-37-22-9-10-23-38(37)33-48(46)55)52-41-26-13-11-24-39(41)51(40-25-12-14-27-42(40)52)43-28-15-16-29-44(43)54-56-49(35-18-5-3-6-19-35)34-50(57-54)36-20-7-4-8-21-36/h3-34H,1-2H3. The number of benzene rings is 9. The van der Waals surface area contributed by atoms with E-state index in [2.05, 4.69) is 196 Å². The lowest BCUT2D eigenvalue weighted by Gasteiger charge is -2.23. The van der Waals surface area contributed by atoms with Crippen LogP contribution in [0.5, 0.6) is 0 Å². The van der Waals surface area contributed by atoms with E-state index >= 15 is 0 Å². The molecule has 0 saturated carbocycles. The molecular formula is C55H38N2. The first-order valence-electron chi connectivity index (χ1n) is 19.8. The van der Waals surface area contributed by atoms with E-state index < -0.39 is 0 Å². The van der Waals surface area contributed by atoms with Crippen LogP contribution in [0.1, 0.15) is 25.0 Å². The highest BCUT2D eigenvalue weighted by molar-refractivity contribution is 6.23. The molecule has 0 N–H and O–H groups in total. The van der Waals surface area contributed by atoms with Crippen molar-refractivity contribution in [2.45, 2.75) is 19.3 Å². The van der Waals surface area contributed by atoms with Crippen LogP contribution in [0.3, 0.4) is 0 Å². The maximum absolute atomic E-state index is 5.30. The third-order valence-corrected chi connectivity index (χ3v) is 12.1. The van der Waals surface area contributed by atoms with E-state index in [1.165, 1.54) is 71.3 Å². The molecule has 0 atom stereocenters. The summed E-state index contributed by atoms with van der Waals surface area (Å²) in [5.74, 6) is 0.704. The van der Waals surface area contributed by atoms with Gasteiger partial charge in [-0.3, -0.25) is 0 Å². The van der Waals surface area contributed by atoms with Crippen LogP contribution in [0.4, 0.5) is 0 Å². The minimum atomic E-state index is -0.137. The SMILES string of the molecule is CC1(C)c2cc3ccccc3cc2-c2c(-c3c4ccccc4c(-c4ccccc4-c4nc(-c5ccccc5)cc(-c5ccccc5)n4)c4ccccc34)cccc21. The molecule has 11 rings (SSSR count). The Morgan fingerprint density at radius 3 is 1.37 bits per heavy atom. The van der Waals surface area contributed by atoms with Gasteiger partial charge in [0.25, 0.3) is 0 Å². The molecule has 0 radical (unpaired) electrons. The molecule has 10 aromatic rings. The van der Waals surface area contributed by atoms with Gasteiger partial charge < -0.3 is 0 Å². The van der Waals surface area contributed by atoms with Gasteiger partial charge in [0.1, 0.15) is 0 Å². The molecule has 9 aromatic carbocycles. The van der Waals surface area contributed by atoms with Gasteiger partial charge in [-0.2, -0.15) is 0 Å². The zero-order valence-electron chi connectivity index (χ0n) is 31.9. The Balaban J connectivity index is 1.19. The van der Waals surface area contributed by atoms with Crippen molar-refractivity contribution in [1.29, 1.82) is 0 Å². The van der Waals surface area contributed by atoms with E-state index in [-0.39, 0.29) is 5.41 Å². The largest absolute Gasteiger partial charge is 0.228 e. The lowest BCUT2D eigenvalue weighted by molar-refractivity contribution is 0.661. The van der Waals surface area contributed by atoms with Crippen molar-refractivity contribution >= 4 is 32.3 Å². The van der Waals surface area contributed by atoms with E-state index in [0.29, 0.717) is 5.82 Å². The Morgan fingerprint density at radius 1 is 0.333 bits per heavy atom. The molecule has 1 aliphatic rings. The van der Waals surface area contributed by atoms with Crippen LogP contribution in [0.15, 0.2) is 194 Å². The highest BCUT2D eigenvalue weighted by Gasteiger charge is 2.37. The van der Waals surface area contributed by atoms with Crippen LogP contribution in [-0.4, -0.2) is 9.97 Å². The van der Waals surface area contributed by atoms with E-state index in [4.69, 9.17) is 9.97 Å². The Labute approximate surface area is 332 Å². The summed E-state index contributed by atoms with van der Waals surface area (Å²) in [6.45, 7) is 4.76. The van der Waals surface area contributed by atoms with Crippen molar-refractivity contribution in [3.63, 3.8) is 0 Å². The lowest BCUT2D eigenvalue weighted by atomic mass is 9.80. The Morgan fingerprint density at radius 2 is 0.789 bits per heavy atom. The number of hydrogen-bond acceptors (Lipinski definition) is 2. The van der Waals surface area contributed by atoms with Crippen LogP contribution < -0.4 is 0 Å². The molecule has 1 heterocycles. The van der Waals surface area contributed by atoms with E-state index in [1.54, 1.807) is 0 Å². The van der Waals surface area contributed by atoms with Crippen molar-refractivity contribution in [2.75, 3.05) is 0 Å². The zero-order valence-corrected chi connectivity index (χ0v) is 31.9. The third kappa shape index (κ3) is 5.25. The summed E-state index contributed by atoms with van der Waals surface area (Å²) < 4.78 is 0. The Bertz CT molecular complexity index is 3080. The van der Waals surface area contributed by atoms with Gasteiger partial charge in [0.05, 0.1) is 11.4 Å². The number of nitrogens with zero attached hydrogens (tertiary/aromatic N) is 2. The van der Waals surface area contributed by atoms with Crippen molar-refractivity contribution in [1.82, 2.24) is 9.97 Å². The van der Waals surface area contributed by atoms with Gasteiger partial charge in [-0.15, -0.1) is 0 Å². The summed E-state index contributed by atoms with van der Waals surface area (Å²) in [6, 6.07) is 70.1. The maximum atomic E-state index is 5.30. The number of aromatic nitrogens is 2. The van der Waals surface area contributed by atoms with Crippen LogP contribution >= 0.6 is 0 Å². The first-order valence-corrected chi connectivity index (χ1v) is 19.8. The topological polar surface area (TPSA) is 25.8 Å². The normalized spacial score (nSPS) is 12.9. The molecule has 0 amide bonds. The van der Waals surface area contributed by atoms with Crippen molar-refractivity contribution < 1.29 is 0 Å². The molecule has 0 saturated heterocycles. The summed E-state index contributed by atoms with van der Waals surface area (Å²) in [5.41, 5.74) is 15.0. The quantitative estimate of drug-likeness (QED) is 0.165. The summed E-state index contributed by atoms with van der Waals surface area (Å²) >= 11 is 0. The van der Waals surface area contributed by atoms with Gasteiger partial charge in [-0.05, 0) is 95.0 Å². The molecule has 1 aliphatic carbocycles. The molecule has 2 heteroatoms. The number of rotatable bonds is 5. The van der Waals surface area contributed by atoms with E-state index in [1.807, 2.05) is 12.1 Å². The smallest absolute Gasteiger partial charge is 0.161 e. The van der Waals surface area contributed by atoms with Crippen molar-refractivity contribution in [2.24, 2.45) is 0 Å². The predicted molar refractivity (Wildman–Crippen MR) is 239 cm³/mol. The van der Waals surface area contributed by atoms with Crippen LogP contribution in [-0.2, 0) is 5.41 Å². The monoisotopic (exact) mass is 726 g/mol. The minimum Gasteiger partial charge on any atom is -0.228 e. The van der Waals surface area contributed by atoms with Gasteiger partial charge in [-0.25, -0.2) is 9.97 Å². The fourth-order valence-electron chi connectivity index (χ4n) is 9.37. The highest BCUT2D eigenvalue weighted by atomic mass is 14.9. The van der Waals surface area contributed by atoms with Crippen molar-refractivity contribution in [3.8, 4) is 67.3 Å². The van der Waals surface area contributed by atoms with Crippen LogP contribution in [0.2, 0.25) is 0 Å². The first-order chi connectivity index (χ1) is 28.0. The zero-order chi connectivity index (χ0) is 38.1. The summed E-state index contributed by atoms with van der Waals surface area (Å²) in [4.78, 5) is 10.6. The fourth-order valence-corrected chi connectivity index (χ4v) is 9.37. The second-order valence-electron chi connectivity index (χ2n) is 15.7. The second kappa shape index (κ2) is 13.0. The van der Waals surface area contributed by atoms with E-state index in [9.17, 15) is 0 Å². The van der Waals surface area contributed by atoms with Crippen LogP contribution in [0, 0.1) is 0 Å². The average molecular weight is 727 g/mol. The Hall–Kier alpha value is -7.16. The number of hydrogen-bond donors (Lipinski definition) is 0. The molecule has 2 nitrogen and oxygen atoms in total. The highest BCUT2D eigenvalue weighted by Crippen LogP contribution is 2.55. The van der Waals surface area contributed by atoms with Gasteiger partial charge in [0, 0.05) is 22.1 Å². The fraction of sp³-hybridized carbons (Fsp3) is 0.0545. The molecule has 0 fully saturated rings. The van der Waals surface area contributed by atoms with Crippen molar-refractivity contribution in [3.05, 3.63) is 205 Å². The second-order valence-corrected chi connectivity index (χ2v) is 15.7. The van der Waals surface area contributed by atoms with Gasteiger partial charge in [-0.1, -0.05) is 190 Å². The predicted octanol–water partition coefficient (Wildman–Crippen LogP) is 14.6. The molecule has 0 unspecified atom stereocenters. The summed E-state index contributed by atoms with van der Waals surface area (Å²) in [7, 11) is 0. The summed E-state index contributed by atoms with van der Waals surface area (Å²) in [6.07, 6.45) is 0. The van der Waals surface area contributed by atoms with Gasteiger partial charge in [0.15, 0.2) is 5.82 Å². The summed E-state index contributed by atoms with van der Waals surface area (Å²) in [5, 5.41) is 7.41. The molecule has 57 heavy (non-hydrogen) atoms. The maximum Gasteiger partial charge on any atom is 0.161 e. The molecule has 268 valence electrons. The molecular weight excluding hydrogens is 689 g/mol. The number of fused-ring (bicyclic) bond motifs is 6. The molecule has 0 aliphatic heterocycles. The first kappa shape index (κ1) is 33.2. The lowest BCUT2D eigenvalue weighted by Crippen LogP contribution is -2.14. The van der Waals surface area contributed by atoms with Crippen LogP contribution in [0.25, 0.3) is 99.6 Å².